The normalized spacial score (nSPS) is 15.6. The van der Waals surface area contributed by atoms with Crippen LogP contribution in [0.15, 0.2) is 24.3 Å². The molecule has 2 atom stereocenters. The van der Waals surface area contributed by atoms with Crippen LogP contribution in [0.25, 0.3) is 0 Å². The zero-order valence-corrected chi connectivity index (χ0v) is 12.7. The summed E-state index contributed by atoms with van der Waals surface area (Å²) in [6.45, 7) is 5.81. The fourth-order valence-electron chi connectivity index (χ4n) is 1.21. The SMILES string of the molecule is CC(C)(C)[S+]([O-])N[C@H](CS)c1ccc(Cl)cc1. The van der Waals surface area contributed by atoms with E-state index >= 15 is 0 Å². The number of hydrogen-bond donors (Lipinski definition) is 2. The third kappa shape index (κ3) is 4.72. The van der Waals surface area contributed by atoms with E-state index in [1.807, 2.05) is 45.0 Å². The monoisotopic (exact) mass is 291 g/mol. The Morgan fingerprint density at radius 2 is 1.88 bits per heavy atom. The molecule has 1 aromatic carbocycles. The molecule has 96 valence electrons. The Labute approximate surface area is 117 Å². The Bertz CT molecular complexity index is 351. The topological polar surface area (TPSA) is 35.1 Å². The molecule has 2 nitrogen and oxygen atoms in total. The molecule has 5 heteroatoms. The van der Waals surface area contributed by atoms with Gasteiger partial charge >= 0.3 is 0 Å². The Morgan fingerprint density at radius 1 is 1.35 bits per heavy atom. The van der Waals surface area contributed by atoms with Crippen molar-refractivity contribution in [2.24, 2.45) is 0 Å². The van der Waals surface area contributed by atoms with Gasteiger partial charge in [0.1, 0.15) is 4.75 Å². The number of benzene rings is 1. The van der Waals surface area contributed by atoms with Crippen LogP contribution in [0.3, 0.4) is 0 Å². The molecule has 1 N–H and O–H groups in total. The van der Waals surface area contributed by atoms with Gasteiger partial charge in [0.25, 0.3) is 0 Å². The summed E-state index contributed by atoms with van der Waals surface area (Å²) in [5.74, 6) is 0.587. The zero-order chi connectivity index (χ0) is 13.1. The lowest BCUT2D eigenvalue weighted by Gasteiger charge is -2.27. The van der Waals surface area contributed by atoms with E-state index in [9.17, 15) is 4.55 Å². The van der Waals surface area contributed by atoms with E-state index < -0.39 is 11.4 Å². The van der Waals surface area contributed by atoms with E-state index in [-0.39, 0.29) is 10.8 Å². The largest absolute Gasteiger partial charge is 0.598 e. The van der Waals surface area contributed by atoms with Crippen LogP contribution >= 0.6 is 24.2 Å². The quantitative estimate of drug-likeness (QED) is 0.659. The van der Waals surface area contributed by atoms with Gasteiger partial charge in [-0.15, -0.1) is 4.72 Å². The van der Waals surface area contributed by atoms with Crippen LogP contribution in [0.1, 0.15) is 32.4 Å². The van der Waals surface area contributed by atoms with E-state index in [0.717, 1.165) is 5.56 Å². The van der Waals surface area contributed by atoms with E-state index in [1.54, 1.807) is 0 Å². The third-order valence-electron chi connectivity index (χ3n) is 2.26. The summed E-state index contributed by atoms with van der Waals surface area (Å²) < 4.78 is 14.8. The Morgan fingerprint density at radius 3 is 2.29 bits per heavy atom. The average molecular weight is 292 g/mol. The summed E-state index contributed by atoms with van der Waals surface area (Å²) in [5.41, 5.74) is 1.04. The molecule has 0 amide bonds. The molecular formula is C12H18ClNOS2. The standard InChI is InChI=1S/C12H18ClNOS2/c1-12(2,3)17(15)14-11(8-16)9-4-6-10(13)7-5-9/h4-7,11,14,16H,8H2,1-3H3/t11-,17?/m1/s1. The van der Waals surface area contributed by atoms with Gasteiger partial charge in [-0.25, -0.2) is 0 Å². The van der Waals surface area contributed by atoms with Crippen molar-refractivity contribution < 1.29 is 4.55 Å². The summed E-state index contributed by atoms with van der Waals surface area (Å²) in [6, 6.07) is 7.48. The minimum Gasteiger partial charge on any atom is -0.598 e. The van der Waals surface area contributed by atoms with Crippen molar-refractivity contribution in [3.05, 3.63) is 34.9 Å². The molecule has 0 radical (unpaired) electrons. The fourth-order valence-corrected chi connectivity index (χ4v) is 2.59. The van der Waals surface area contributed by atoms with Crippen LogP contribution in [-0.4, -0.2) is 15.1 Å². The van der Waals surface area contributed by atoms with Crippen molar-refractivity contribution in [1.29, 1.82) is 0 Å². The number of halogens is 1. The summed E-state index contributed by atoms with van der Waals surface area (Å²) in [6.07, 6.45) is 0. The van der Waals surface area contributed by atoms with Crippen molar-refractivity contribution in [2.75, 3.05) is 5.75 Å². The number of nitrogens with one attached hydrogen (secondary N) is 1. The molecule has 0 fully saturated rings. The summed E-state index contributed by atoms with van der Waals surface area (Å²) >= 11 is 9.03. The molecule has 0 aliphatic carbocycles. The molecule has 1 unspecified atom stereocenters. The number of thiol groups is 1. The van der Waals surface area contributed by atoms with Crippen LogP contribution in [0.2, 0.25) is 5.02 Å². The van der Waals surface area contributed by atoms with Gasteiger partial charge in [-0.2, -0.15) is 12.6 Å². The first-order valence-electron chi connectivity index (χ1n) is 5.39. The fraction of sp³-hybridized carbons (Fsp3) is 0.500. The van der Waals surface area contributed by atoms with Crippen molar-refractivity contribution in [2.45, 2.75) is 31.6 Å². The highest BCUT2D eigenvalue weighted by atomic mass is 35.5. The van der Waals surface area contributed by atoms with Crippen molar-refractivity contribution in [3.63, 3.8) is 0 Å². The van der Waals surface area contributed by atoms with E-state index in [4.69, 9.17) is 11.6 Å². The predicted octanol–water partition coefficient (Wildman–Crippen LogP) is 3.36. The van der Waals surface area contributed by atoms with Gasteiger partial charge in [-0.1, -0.05) is 23.7 Å². The van der Waals surface area contributed by atoms with Crippen molar-refractivity contribution in [3.8, 4) is 0 Å². The first kappa shape index (κ1) is 15.2. The highest BCUT2D eigenvalue weighted by Gasteiger charge is 2.29. The van der Waals surface area contributed by atoms with Gasteiger partial charge in [0.15, 0.2) is 0 Å². The predicted molar refractivity (Wildman–Crippen MR) is 79.1 cm³/mol. The first-order chi connectivity index (χ1) is 7.84. The van der Waals surface area contributed by atoms with Crippen LogP contribution < -0.4 is 4.72 Å². The molecule has 1 aromatic rings. The summed E-state index contributed by atoms with van der Waals surface area (Å²) in [5, 5.41) is 0.698. The van der Waals surface area contributed by atoms with Crippen molar-refractivity contribution >= 4 is 35.6 Å². The zero-order valence-electron chi connectivity index (χ0n) is 10.2. The summed E-state index contributed by atoms with van der Waals surface area (Å²) in [4.78, 5) is 0. The second kappa shape index (κ2) is 6.34. The van der Waals surface area contributed by atoms with Gasteiger partial charge in [-0.05, 0) is 38.5 Å². The Kier molecular flexibility index (Phi) is 5.67. The van der Waals surface area contributed by atoms with E-state index in [1.165, 1.54) is 0 Å². The molecule has 0 saturated carbocycles. The lowest BCUT2D eigenvalue weighted by atomic mass is 10.1. The van der Waals surface area contributed by atoms with E-state index in [2.05, 4.69) is 17.4 Å². The molecular weight excluding hydrogens is 274 g/mol. The molecule has 0 spiro atoms. The molecule has 1 rings (SSSR count). The maximum atomic E-state index is 12.0. The van der Waals surface area contributed by atoms with Crippen LogP contribution in [0, 0.1) is 0 Å². The maximum Gasteiger partial charge on any atom is 0.136 e. The Balaban J connectivity index is 2.75. The van der Waals surface area contributed by atoms with E-state index in [0.29, 0.717) is 10.8 Å². The first-order valence-corrected chi connectivity index (χ1v) is 7.55. The summed E-state index contributed by atoms with van der Waals surface area (Å²) in [7, 11) is 0. The van der Waals surface area contributed by atoms with Gasteiger partial charge in [0.05, 0.1) is 6.04 Å². The second-order valence-corrected chi connectivity index (χ2v) is 7.59. The van der Waals surface area contributed by atoms with Gasteiger partial charge < -0.3 is 4.55 Å². The molecule has 0 saturated heterocycles. The van der Waals surface area contributed by atoms with Crippen LogP contribution in [-0.2, 0) is 11.4 Å². The highest BCUT2D eigenvalue weighted by molar-refractivity contribution is 7.90. The maximum absolute atomic E-state index is 12.0. The molecule has 0 heterocycles. The third-order valence-corrected chi connectivity index (χ3v) is 4.49. The molecule has 0 aliphatic heterocycles. The minimum atomic E-state index is -1.10. The van der Waals surface area contributed by atoms with Gasteiger partial charge in [0, 0.05) is 22.1 Å². The van der Waals surface area contributed by atoms with Crippen molar-refractivity contribution in [1.82, 2.24) is 4.72 Å². The average Bonchev–Trinajstić information content (AvgIpc) is 2.25. The Hall–Kier alpha value is 0.130. The number of rotatable bonds is 4. The van der Waals surface area contributed by atoms with Gasteiger partial charge in [0.2, 0.25) is 0 Å². The highest BCUT2D eigenvalue weighted by Crippen LogP contribution is 2.22. The van der Waals surface area contributed by atoms with Gasteiger partial charge in [-0.3, -0.25) is 0 Å². The molecule has 0 bridgehead atoms. The number of hydrogen-bond acceptors (Lipinski definition) is 3. The smallest absolute Gasteiger partial charge is 0.136 e. The minimum absolute atomic E-state index is 0.0318. The molecule has 17 heavy (non-hydrogen) atoms. The van der Waals surface area contributed by atoms with Crippen LogP contribution in [0.5, 0.6) is 0 Å². The molecule has 0 aliphatic rings. The van der Waals surface area contributed by atoms with Crippen LogP contribution in [0.4, 0.5) is 0 Å². The second-order valence-electron chi connectivity index (χ2n) is 4.79. The lowest BCUT2D eigenvalue weighted by Crippen LogP contribution is -2.41. The molecule has 0 aromatic heterocycles. The lowest BCUT2D eigenvalue weighted by molar-refractivity contribution is 0.532.